The van der Waals surface area contributed by atoms with Crippen molar-refractivity contribution in [3.05, 3.63) is 78.0 Å². The van der Waals surface area contributed by atoms with Gasteiger partial charge in [-0.2, -0.15) is 0 Å². The molecule has 28 heavy (non-hydrogen) atoms. The van der Waals surface area contributed by atoms with E-state index in [-0.39, 0.29) is 24.1 Å². The van der Waals surface area contributed by atoms with Crippen molar-refractivity contribution >= 4 is 34.7 Å². The van der Waals surface area contributed by atoms with Crippen LogP contribution < -0.4 is 10.6 Å². The number of carbonyl (C=O) groups is 3. The van der Waals surface area contributed by atoms with E-state index >= 15 is 0 Å². The summed E-state index contributed by atoms with van der Waals surface area (Å²) in [6.45, 7) is 7.15. The summed E-state index contributed by atoms with van der Waals surface area (Å²) in [5, 5.41) is 5.76. The van der Waals surface area contributed by atoms with E-state index in [4.69, 9.17) is 0 Å². The van der Waals surface area contributed by atoms with Crippen LogP contribution in [0.4, 0.5) is 11.4 Å². The highest BCUT2D eigenvalue weighted by molar-refractivity contribution is 6.36. The van der Waals surface area contributed by atoms with Gasteiger partial charge in [-0.05, 0) is 36.8 Å². The van der Waals surface area contributed by atoms with Crippen molar-refractivity contribution in [1.82, 2.24) is 4.90 Å². The van der Waals surface area contributed by atoms with Crippen LogP contribution in [-0.2, 0) is 14.4 Å². The molecule has 142 valence electrons. The van der Waals surface area contributed by atoms with Crippen molar-refractivity contribution in [2.24, 2.45) is 0 Å². The SMILES string of the molecule is C=CCN1C(=O)C(Nc2ccc(NC(C)=O)cc2)=C(c2ccc(C)cc2)C1=O. The molecule has 0 aromatic heterocycles. The van der Waals surface area contributed by atoms with E-state index in [1.165, 1.54) is 13.0 Å². The maximum atomic E-state index is 12.9. The van der Waals surface area contributed by atoms with Crippen LogP contribution in [-0.4, -0.2) is 29.2 Å². The van der Waals surface area contributed by atoms with E-state index in [0.717, 1.165) is 10.5 Å². The molecule has 3 rings (SSSR count). The number of rotatable bonds is 6. The van der Waals surface area contributed by atoms with Gasteiger partial charge < -0.3 is 10.6 Å². The molecule has 0 radical (unpaired) electrons. The third-order valence-corrected chi connectivity index (χ3v) is 4.29. The summed E-state index contributed by atoms with van der Waals surface area (Å²) in [4.78, 5) is 38.0. The highest BCUT2D eigenvalue weighted by Crippen LogP contribution is 2.30. The minimum absolute atomic E-state index is 0.139. The van der Waals surface area contributed by atoms with Crippen LogP contribution in [0.25, 0.3) is 5.57 Å². The van der Waals surface area contributed by atoms with E-state index in [1.54, 1.807) is 24.3 Å². The van der Waals surface area contributed by atoms with E-state index in [2.05, 4.69) is 17.2 Å². The highest BCUT2D eigenvalue weighted by atomic mass is 16.2. The van der Waals surface area contributed by atoms with Crippen molar-refractivity contribution in [2.75, 3.05) is 17.2 Å². The Labute approximate surface area is 163 Å². The van der Waals surface area contributed by atoms with Gasteiger partial charge in [0, 0.05) is 24.8 Å². The first-order valence-electron chi connectivity index (χ1n) is 8.84. The molecule has 0 bridgehead atoms. The molecule has 6 nitrogen and oxygen atoms in total. The molecule has 2 aromatic rings. The number of amides is 3. The van der Waals surface area contributed by atoms with E-state index in [1.807, 2.05) is 31.2 Å². The lowest BCUT2D eigenvalue weighted by atomic mass is 10.0. The van der Waals surface area contributed by atoms with Gasteiger partial charge >= 0.3 is 0 Å². The van der Waals surface area contributed by atoms with Crippen LogP contribution >= 0.6 is 0 Å². The van der Waals surface area contributed by atoms with Crippen LogP contribution in [0.15, 0.2) is 66.9 Å². The fourth-order valence-electron chi connectivity index (χ4n) is 2.96. The predicted octanol–water partition coefficient (Wildman–Crippen LogP) is 3.33. The number of hydrogen-bond donors (Lipinski definition) is 2. The molecule has 0 atom stereocenters. The summed E-state index contributed by atoms with van der Waals surface area (Å²) in [5.41, 5.74) is 3.57. The van der Waals surface area contributed by atoms with Gasteiger partial charge in [-0.25, -0.2) is 0 Å². The Morgan fingerprint density at radius 3 is 2.18 bits per heavy atom. The van der Waals surface area contributed by atoms with Crippen molar-refractivity contribution in [3.8, 4) is 0 Å². The molecule has 1 aliphatic heterocycles. The van der Waals surface area contributed by atoms with Crippen molar-refractivity contribution in [1.29, 1.82) is 0 Å². The zero-order valence-corrected chi connectivity index (χ0v) is 15.8. The standard InChI is InChI=1S/C22H21N3O3/c1-4-13-25-21(27)19(16-7-5-14(2)6-8-16)20(22(25)28)24-18-11-9-17(10-12-18)23-15(3)26/h4-12,24H,1,13H2,2-3H3,(H,23,26). The average molecular weight is 375 g/mol. The quantitative estimate of drug-likeness (QED) is 0.600. The number of hydrogen-bond acceptors (Lipinski definition) is 4. The number of nitrogens with one attached hydrogen (secondary N) is 2. The molecular formula is C22H21N3O3. The fourth-order valence-corrected chi connectivity index (χ4v) is 2.96. The predicted molar refractivity (Wildman–Crippen MR) is 109 cm³/mol. The van der Waals surface area contributed by atoms with E-state index < -0.39 is 5.91 Å². The van der Waals surface area contributed by atoms with Gasteiger partial charge in [0.15, 0.2) is 0 Å². The first-order valence-corrected chi connectivity index (χ1v) is 8.84. The Morgan fingerprint density at radius 1 is 1.00 bits per heavy atom. The van der Waals surface area contributed by atoms with Crippen molar-refractivity contribution in [2.45, 2.75) is 13.8 Å². The van der Waals surface area contributed by atoms with Crippen molar-refractivity contribution in [3.63, 3.8) is 0 Å². The topological polar surface area (TPSA) is 78.5 Å². The van der Waals surface area contributed by atoms with Crippen LogP contribution in [0, 0.1) is 6.92 Å². The Balaban J connectivity index is 1.98. The summed E-state index contributed by atoms with van der Waals surface area (Å²) in [5.74, 6) is -0.917. The number of nitrogens with zero attached hydrogens (tertiary/aromatic N) is 1. The Bertz CT molecular complexity index is 973. The molecule has 1 aliphatic rings. The molecule has 0 saturated carbocycles. The smallest absolute Gasteiger partial charge is 0.278 e. The Kier molecular flexibility index (Phi) is 5.40. The zero-order valence-electron chi connectivity index (χ0n) is 15.8. The number of benzene rings is 2. The summed E-state index contributed by atoms with van der Waals surface area (Å²) in [7, 11) is 0. The van der Waals surface area contributed by atoms with Crippen LogP contribution in [0.5, 0.6) is 0 Å². The average Bonchev–Trinajstić information content (AvgIpc) is 2.88. The lowest BCUT2D eigenvalue weighted by Gasteiger charge is -2.12. The lowest BCUT2D eigenvalue weighted by molar-refractivity contribution is -0.136. The summed E-state index contributed by atoms with van der Waals surface area (Å²) < 4.78 is 0. The maximum absolute atomic E-state index is 12.9. The van der Waals surface area contributed by atoms with E-state index in [0.29, 0.717) is 22.5 Å². The second-order valence-corrected chi connectivity index (χ2v) is 6.51. The lowest BCUT2D eigenvalue weighted by Crippen LogP contribution is -2.32. The maximum Gasteiger partial charge on any atom is 0.278 e. The minimum Gasteiger partial charge on any atom is -0.350 e. The van der Waals surface area contributed by atoms with Gasteiger partial charge in [-0.15, -0.1) is 6.58 Å². The molecule has 2 aromatic carbocycles. The largest absolute Gasteiger partial charge is 0.350 e. The molecule has 0 fully saturated rings. The van der Waals surface area contributed by atoms with Crippen LogP contribution in [0.2, 0.25) is 0 Å². The molecule has 0 unspecified atom stereocenters. The van der Waals surface area contributed by atoms with Gasteiger partial charge in [-0.3, -0.25) is 19.3 Å². The molecule has 2 N–H and O–H groups in total. The number of carbonyl (C=O) groups excluding carboxylic acids is 3. The molecule has 0 aliphatic carbocycles. The summed E-state index contributed by atoms with van der Waals surface area (Å²) in [6.07, 6.45) is 1.52. The third-order valence-electron chi connectivity index (χ3n) is 4.29. The van der Waals surface area contributed by atoms with Gasteiger partial charge in [0.1, 0.15) is 5.70 Å². The van der Waals surface area contributed by atoms with Crippen molar-refractivity contribution < 1.29 is 14.4 Å². The Hall–Kier alpha value is -3.67. The highest BCUT2D eigenvalue weighted by Gasteiger charge is 2.38. The minimum atomic E-state index is -0.397. The number of imide groups is 1. The molecule has 1 heterocycles. The van der Waals surface area contributed by atoms with Gasteiger partial charge in [-0.1, -0.05) is 35.9 Å². The molecule has 3 amide bonds. The van der Waals surface area contributed by atoms with Gasteiger partial charge in [0.05, 0.1) is 5.57 Å². The molecule has 6 heteroatoms. The number of aryl methyl sites for hydroxylation is 1. The fraction of sp³-hybridized carbons (Fsp3) is 0.136. The van der Waals surface area contributed by atoms with Gasteiger partial charge in [0.25, 0.3) is 11.8 Å². The molecule has 0 spiro atoms. The van der Waals surface area contributed by atoms with Gasteiger partial charge in [0.2, 0.25) is 5.91 Å². The second-order valence-electron chi connectivity index (χ2n) is 6.51. The second kappa shape index (κ2) is 7.92. The molecular weight excluding hydrogens is 354 g/mol. The first-order chi connectivity index (χ1) is 13.4. The van der Waals surface area contributed by atoms with Crippen LogP contribution in [0.3, 0.4) is 0 Å². The van der Waals surface area contributed by atoms with E-state index in [9.17, 15) is 14.4 Å². The zero-order chi connectivity index (χ0) is 20.3. The normalized spacial score (nSPS) is 13.7. The van der Waals surface area contributed by atoms with Crippen LogP contribution in [0.1, 0.15) is 18.1 Å². The Morgan fingerprint density at radius 2 is 1.61 bits per heavy atom. The monoisotopic (exact) mass is 375 g/mol. The third kappa shape index (κ3) is 3.86. The first kappa shape index (κ1) is 19.1. The summed E-state index contributed by atoms with van der Waals surface area (Å²) in [6, 6.07) is 14.4. The summed E-state index contributed by atoms with van der Waals surface area (Å²) >= 11 is 0. The number of anilines is 2. The molecule has 0 saturated heterocycles.